The summed E-state index contributed by atoms with van der Waals surface area (Å²) >= 11 is 0. The Morgan fingerprint density at radius 2 is 1.06 bits per heavy atom. The lowest BCUT2D eigenvalue weighted by atomic mass is 9.82. The van der Waals surface area contributed by atoms with E-state index in [-0.39, 0.29) is 5.41 Å². The summed E-state index contributed by atoms with van der Waals surface area (Å²) in [5.74, 6) is 0. The first-order valence-electron chi connectivity index (χ1n) is 16.8. The van der Waals surface area contributed by atoms with Crippen LogP contribution in [0.15, 0.2) is 176 Å². The fraction of sp³-hybridized carbons (Fsp3) is 0.0638. The second kappa shape index (κ2) is 11.1. The van der Waals surface area contributed by atoms with Crippen LogP contribution in [0.4, 0.5) is 17.1 Å². The number of anilines is 3. The second-order valence-corrected chi connectivity index (χ2v) is 13.4. The third-order valence-electron chi connectivity index (χ3n) is 10.2. The standard InChI is InChI=1S/C47H35N/c1-47(2)43-22-11-10-21-41(43)42-27-26-39(31-44(42)47)48(38-19-12-18-36(30-38)32-13-4-3-5-14-32)45-28-25-34-16-8-9-20-40(34)46(45)37-24-23-33-15-6-7-17-35(33)29-37/h3-31H,1-2H3. The van der Waals surface area contributed by atoms with E-state index in [4.69, 9.17) is 0 Å². The van der Waals surface area contributed by atoms with Crippen molar-refractivity contribution in [1.29, 1.82) is 0 Å². The zero-order valence-electron chi connectivity index (χ0n) is 27.2. The van der Waals surface area contributed by atoms with E-state index in [9.17, 15) is 0 Å². The monoisotopic (exact) mass is 613 g/mol. The topological polar surface area (TPSA) is 3.24 Å². The van der Waals surface area contributed by atoms with Gasteiger partial charge in [-0.2, -0.15) is 0 Å². The van der Waals surface area contributed by atoms with E-state index >= 15 is 0 Å². The van der Waals surface area contributed by atoms with Gasteiger partial charge in [-0.05, 0) is 96.9 Å². The lowest BCUT2D eigenvalue weighted by Gasteiger charge is -2.31. The first-order chi connectivity index (χ1) is 23.6. The summed E-state index contributed by atoms with van der Waals surface area (Å²) < 4.78 is 0. The molecule has 1 aliphatic carbocycles. The molecule has 0 saturated heterocycles. The zero-order valence-corrected chi connectivity index (χ0v) is 27.2. The molecule has 0 amide bonds. The highest BCUT2D eigenvalue weighted by atomic mass is 15.1. The van der Waals surface area contributed by atoms with Gasteiger partial charge in [-0.15, -0.1) is 0 Å². The van der Waals surface area contributed by atoms with Crippen molar-refractivity contribution >= 4 is 38.6 Å². The van der Waals surface area contributed by atoms with Gasteiger partial charge in [-0.3, -0.25) is 0 Å². The Kier molecular flexibility index (Phi) is 6.55. The molecule has 9 rings (SSSR count). The van der Waals surface area contributed by atoms with Crippen LogP contribution in [0.2, 0.25) is 0 Å². The Balaban J connectivity index is 1.33. The summed E-state index contributed by atoms with van der Waals surface area (Å²) in [5, 5.41) is 4.95. The summed E-state index contributed by atoms with van der Waals surface area (Å²) in [4.78, 5) is 2.47. The van der Waals surface area contributed by atoms with Crippen LogP contribution < -0.4 is 4.90 Å². The molecule has 0 aromatic heterocycles. The predicted octanol–water partition coefficient (Wildman–Crippen LogP) is 13.1. The zero-order chi connectivity index (χ0) is 32.2. The minimum atomic E-state index is -0.107. The predicted molar refractivity (Wildman–Crippen MR) is 205 cm³/mol. The molecule has 0 radical (unpaired) electrons. The molecular weight excluding hydrogens is 579 g/mol. The molecule has 0 heterocycles. The summed E-state index contributed by atoms with van der Waals surface area (Å²) in [7, 11) is 0. The van der Waals surface area contributed by atoms with Gasteiger partial charge < -0.3 is 4.90 Å². The fourth-order valence-corrected chi connectivity index (χ4v) is 7.81. The summed E-state index contributed by atoms with van der Waals surface area (Å²) in [5.41, 5.74) is 13.6. The maximum atomic E-state index is 2.47. The van der Waals surface area contributed by atoms with Gasteiger partial charge in [-0.25, -0.2) is 0 Å². The van der Waals surface area contributed by atoms with Crippen molar-refractivity contribution in [2.24, 2.45) is 0 Å². The highest BCUT2D eigenvalue weighted by molar-refractivity contribution is 6.07. The maximum Gasteiger partial charge on any atom is 0.0546 e. The Labute approximate surface area is 282 Å². The Bertz CT molecular complexity index is 2490. The quantitative estimate of drug-likeness (QED) is 0.187. The van der Waals surface area contributed by atoms with Gasteiger partial charge >= 0.3 is 0 Å². The number of hydrogen-bond donors (Lipinski definition) is 0. The molecule has 8 aromatic rings. The van der Waals surface area contributed by atoms with Crippen molar-refractivity contribution in [1.82, 2.24) is 0 Å². The minimum Gasteiger partial charge on any atom is -0.310 e. The minimum absolute atomic E-state index is 0.107. The van der Waals surface area contributed by atoms with Gasteiger partial charge in [0.05, 0.1) is 5.69 Å². The van der Waals surface area contributed by atoms with Crippen LogP contribution in [0.3, 0.4) is 0 Å². The Morgan fingerprint density at radius 1 is 0.396 bits per heavy atom. The second-order valence-electron chi connectivity index (χ2n) is 13.4. The van der Waals surface area contributed by atoms with Crippen LogP contribution in [0, 0.1) is 0 Å². The van der Waals surface area contributed by atoms with Crippen molar-refractivity contribution in [3.05, 3.63) is 187 Å². The molecule has 0 unspecified atom stereocenters. The van der Waals surface area contributed by atoms with E-state index in [1.807, 2.05) is 0 Å². The lowest BCUT2D eigenvalue weighted by Crippen LogP contribution is -2.17. The molecule has 0 saturated carbocycles. The third-order valence-corrected chi connectivity index (χ3v) is 10.2. The molecule has 8 aromatic carbocycles. The molecule has 0 aliphatic heterocycles. The fourth-order valence-electron chi connectivity index (χ4n) is 7.81. The van der Waals surface area contributed by atoms with Crippen LogP contribution in [0.5, 0.6) is 0 Å². The number of fused-ring (bicyclic) bond motifs is 5. The van der Waals surface area contributed by atoms with Crippen molar-refractivity contribution in [3.8, 4) is 33.4 Å². The van der Waals surface area contributed by atoms with Crippen LogP contribution in [0.25, 0.3) is 54.9 Å². The average molecular weight is 614 g/mol. The molecule has 48 heavy (non-hydrogen) atoms. The van der Waals surface area contributed by atoms with E-state index in [2.05, 4.69) is 195 Å². The summed E-state index contributed by atoms with van der Waals surface area (Å²) in [6.07, 6.45) is 0. The molecule has 1 nitrogen and oxygen atoms in total. The average Bonchev–Trinajstić information content (AvgIpc) is 3.37. The highest BCUT2D eigenvalue weighted by Gasteiger charge is 2.36. The van der Waals surface area contributed by atoms with Crippen molar-refractivity contribution in [2.75, 3.05) is 4.90 Å². The molecule has 0 fully saturated rings. The van der Waals surface area contributed by atoms with Gasteiger partial charge in [0.2, 0.25) is 0 Å². The van der Waals surface area contributed by atoms with Gasteiger partial charge in [0.25, 0.3) is 0 Å². The maximum absolute atomic E-state index is 2.47. The van der Waals surface area contributed by atoms with E-state index in [1.54, 1.807) is 0 Å². The van der Waals surface area contributed by atoms with Crippen molar-refractivity contribution in [3.63, 3.8) is 0 Å². The van der Waals surface area contributed by atoms with Gasteiger partial charge in [0.15, 0.2) is 0 Å². The van der Waals surface area contributed by atoms with Crippen LogP contribution in [-0.4, -0.2) is 0 Å². The largest absolute Gasteiger partial charge is 0.310 e. The van der Waals surface area contributed by atoms with Crippen molar-refractivity contribution < 1.29 is 0 Å². The van der Waals surface area contributed by atoms with Crippen LogP contribution in [-0.2, 0) is 5.41 Å². The molecule has 0 atom stereocenters. The molecule has 1 aliphatic rings. The molecule has 1 heteroatoms. The van der Waals surface area contributed by atoms with E-state index in [0.717, 1.165) is 17.1 Å². The number of benzene rings is 8. The van der Waals surface area contributed by atoms with Gasteiger partial charge in [0.1, 0.15) is 0 Å². The van der Waals surface area contributed by atoms with E-state index < -0.39 is 0 Å². The first-order valence-corrected chi connectivity index (χ1v) is 16.8. The Hall–Kier alpha value is -5.92. The van der Waals surface area contributed by atoms with Gasteiger partial charge in [0, 0.05) is 22.4 Å². The highest BCUT2D eigenvalue weighted by Crippen LogP contribution is 2.52. The van der Waals surface area contributed by atoms with Crippen LogP contribution in [0.1, 0.15) is 25.0 Å². The van der Waals surface area contributed by atoms with Gasteiger partial charge in [-0.1, -0.05) is 153 Å². The summed E-state index contributed by atoms with van der Waals surface area (Å²) in [6.45, 7) is 4.72. The lowest BCUT2D eigenvalue weighted by molar-refractivity contribution is 0.660. The van der Waals surface area contributed by atoms with Crippen LogP contribution >= 0.6 is 0 Å². The Morgan fingerprint density at radius 3 is 1.94 bits per heavy atom. The molecular formula is C47H35N. The molecule has 0 bridgehead atoms. The molecule has 0 N–H and O–H groups in total. The van der Waals surface area contributed by atoms with E-state index in [1.165, 1.54) is 66.1 Å². The SMILES string of the molecule is CC1(C)c2ccccc2-c2ccc(N(c3cccc(-c4ccccc4)c3)c3ccc4ccccc4c3-c3ccc4ccccc4c3)cc21. The normalized spacial score (nSPS) is 13.0. The smallest absolute Gasteiger partial charge is 0.0546 e. The van der Waals surface area contributed by atoms with E-state index in [0.29, 0.717) is 0 Å². The number of hydrogen-bond acceptors (Lipinski definition) is 1. The number of nitrogens with zero attached hydrogens (tertiary/aromatic N) is 1. The molecule has 228 valence electrons. The molecule has 0 spiro atoms. The van der Waals surface area contributed by atoms with Crippen molar-refractivity contribution in [2.45, 2.75) is 19.3 Å². The third kappa shape index (κ3) is 4.54. The number of rotatable bonds is 5. The first kappa shape index (κ1) is 28.3. The summed E-state index contributed by atoms with van der Waals surface area (Å²) in [6, 6.07) is 64.5.